The quantitative estimate of drug-likeness (QED) is 0.887. The first-order valence-electron chi connectivity index (χ1n) is 9.60. The van der Waals surface area contributed by atoms with Gasteiger partial charge in [-0.05, 0) is 64.1 Å². The van der Waals surface area contributed by atoms with Gasteiger partial charge in [-0.1, -0.05) is 23.4 Å². The highest BCUT2D eigenvalue weighted by Gasteiger charge is 2.47. The molecule has 4 rings (SSSR count). The van der Waals surface area contributed by atoms with E-state index in [2.05, 4.69) is 22.2 Å². The minimum absolute atomic E-state index is 0.0738. The Hall–Kier alpha value is -1.85. The fraction of sp³-hybridized carbons (Fsp3) is 0.571. The minimum atomic E-state index is -0.0738. The summed E-state index contributed by atoms with van der Waals surface area (Å²) in [6, 6.07) is 8.27. The van der Waals surface area contributed by atoms with E-state index < -0.39 is 0 Å². The number of aliphatic hydroxyl groups is 1. The predicted octanol–water partition coefficient (Wildman–Crippen LogP) is 3.61. The van der Waals surface area contributed by atoms with E-state index in [0.717, 1.165) is 61.7 Å². The van der Waals surface area contributed by atoms with E-state index >= 15 is 0 Å². The van der Waals surface area contributed by atoms with Crippen molar-refractivity contribution >= 4 is 0 Å². The zero-order valence-corrected chi connectivity index (χ0v) is 15.7. The number of aliphatic hydroxyl groups excluding tert-OH is 1. The number of hydrogen-bond donors (Lipinski definition) is 1. The Kier molecular flexibility index (Phi) is 4.76. The summed E-state index contributed by atoms with van der Waals surface area (Å²) in [7, 11) is 0. The summed E-state index contributed by atoms with van der Waals surface area (Å²) in [5.41, 5.74) is 3.35. The number of aryl methyl sites for hydroxylation is 2. The second-order valence-electron chi connectivity index (χ2n) is 7.89. The summed E-state index contributed by atoms with van der Waals surface area (Å²) in [5.74, 6) is 1.75. The fourth-order valence-electron chi connectivity index (χ4n) is 4.30. The van der Waals surface area contributed by atoms with Crippen molar-refractivity contribution in [1.82, 2.24) is 10.1 Å². The van der Waals surface area contributed by atoms with Crippen molar-refractivity contribution < 1.29 is 14.4 Å². The molecule has 0 unspecified atom stereocenters. The predicted molar refractivity (Wildman–Crippen MR) is 98.9 cm³/mol. The second-order valence-corrected chi connectivity index (χ2v) is 7.89. The Morgan fingerprint density at radius 3 is 2.62 bits per heavy atom. The molecule has 1 aromatic heterocycles. The van der Waals surface area contributed by atoms with Crippen LogP contribution in [-0.2, 0) is 13.2 Å². The average molecular weight is 356 g/mol. The molecule has 1 aliphatic carbocycles. The van der Waals surface area contributed by atoms with Crippen LogP contribution in [0.25, 0.3) is 0 Å². The summed E-state index contributed by atoms with van der Waals surface area (Å²) in [4.78, 5) is 2.48. The summed E-state index contributed by atoms with van der Waals surface area (Å²) >= 11 is 0. The first-order chi connectivity index (χ1) is 12.6. The number of benzene rings is 1. The van der Waals surface area contributed by atoms with Gasteiger partial charge in [-0.15, -0.1) is 0 Å². The third-order valence-electron chi connectivity index (χ3n) is 6.39. The van der Waals surface area contributed by atoms with Gasteiger partial charge in [-0.3, -0.25) is 4.90 Å². The lowest BCUT2D eigenvalue weighted by Gasteiger charge is -2.51. The fourth-order valence-corrected chi connectivity index (χ4v) is 4.30. The average Bonchev–Trinajstić information content (AvgIpc) is 2.98. The first-order valence-corrected chi connectivity index (χ1v) is 9.60. The summed E-state index contributed by atoms with van der Waals surface area (Å²) < 4.78 is 11.3. The topological polar surface area (TPSA) is 58.7 Å². The van der Waals surface area contributed by atoms with E-state index in [1.807, 2.05) is 26.0 Å². The van der Waals surface area contributed by atoms with E-state index in [1.54, 1.807) is 0 Å². The highest BCUT2D eigenvalue weighted by molar-refractivity contribution is 5.34. The maximum atomic E-state index is 10.1. The van der Waals surface area contributed by atoms with Gasteiger partial charge in [0.25, 0.3) is 0 Å². The smallest absolute Gasteiger partial charge is 0.140 e. The van der Waals surface area contributed by atoms with Crippen molar-refractivity contribution in [2.75, 3.05) is 13.1 Å². The van der Waals surface area contributed by atoms with E-state index in [-0.39, 0.29) is 11.5 Å². The minimum Gasteiger partial charge on any atom is -0.488 e. The van der Waals surface area contributed by atoms with Crippen LogP contribution >= 0.6 is 0 Å². The maximum Gasteiger partial charge on any atom is 0.140 e. The molecule has 2 heterocycles. The molecule has 2 aromatic rings. The van der Waals surface area contributed by atoms with Crippen molar-refractivity contribution in [3.8, 4) is 5.75 Å². The molecule has 5 heteroatoms. The van der Waals surface area contributed by atoms with E-state index in [9.17, 15) is 5.11 Å². The lowest BCUT2D eigenvalue weighted by Crippen LogP contribution is -2.51. The Labute approximate surface area is 154 Å². The second kappa shape index (κ2) is 7.05. The first kappa shape index (κ1) is 17.6. The molecular formula is C21H28N2O3. The molecule has 5 nitrogen and oxygen atoms in total. The van der Waals surface area contributed by atoms with E-state index in [4.69, 9.17) is 9.26 Å². The van der Waals surface area contributed by atoms with Gasteiger partial charge in [0.1, 0.15) is 18.1 Å². The Balaban J connectivity index is 1.39. The SMILES string of the molecule is Cc1noc(C)c1COc1ccccc1CN1CCC2(CC[C@@H]2O)CC1. The van der Waals surface area contributed by atoms with Gasteiger partial charge < -0.3 is 14.4 Å². The number of piperidine rings is 1. The number of nitrogens with zero attached hydrogens (tertiary/aromatic N) is 2. The number of ether oxygens (including phenoxy) is 1. The molecule has 1 atom stereocenters. The summed E-state index contributed by atoms with van der Waals surface area (Å²) in [5, 5.41) is 14.1. The molecular weight excluding hydrogens is 328 g/mol. The Morgan fingerprint density at radius 2 is 2.00 bits per heavy atom. The zero-order valence-electron chi connectivity index (χ0n) is 15.7. The van der Waals surface area contributed by atoms with Crippen LogP contribution in [0.15, 0.2) is 28.8 Å². The van der Waals surface area contributed by atoms with Gasteiger partial charge in [0.05, 0.1) is 17.4 Å². The van der Waals surface area contributed by atoms with Crippen molar-refractivity contribution in [3.63, 3.8) is 0 Å². The zero-order chi connectivity index (χ0) is 18.1. The molecule has 2 fully saturated rings. The van der Waals surface area contributed by atoms with Gasteiger partial charge in [0.2, 0.25) is 0 Å². The Bertz CT molecular complexity index is 743. The van der Waals surface area contributed by atoms with Crippen LogP contribution in [0.3, 0.4) is 0 Å². The van der Waals surface area contributed by atoms with Crippen LogP contribution in [0.2, 0.25) is 0 Å². The molecule has 0 bridgehead atoms. The van der Waals surface area contributed by atoms with Crippen LogP contribution in [-0.4, -0.2) is 34.4 Å². The number of hydrogen-bond acceptors (Lipinski definition) is 5. The monoisotopic (exact) mass is 356 g/mol. The molecule has 26 heavy (non-hydrogen) atoms. The summed E-state index contributed by atoms with van der Waals surface area (Å²) in [6.07, 6.45) is 4.32. The largest absolute Gasteiger partial charge is 0.488 e. The van der Waals surface area contributed by atoms with Crippen LogP contribution in [0.5, 0.6) is 5.75 Å². The summed E-state index contributed by atoms with van der Waals surface area (Å²) in [6.45, 7) is 7.34. The number of aromatic nitrogens is 1. The van der Waals surface area contributed by atoms with E-state index in [0.29, 0.717) is 6.61 Å². The third-order valence-corrected chi connectivity index (χ3v) is 6.39. The van der Waals surface area contributed by atoms with Gasteiger partial charge in [-0.25, -0.2) is 0 Å². The van der Waals surface area contributed by atoms with Gasteiger partial charge in [-0.2, -0.15) is 0 Å². The lowest BCUT2D eigenvalue weighted by atomic mass is 9.61. The number of rotatable bonds is 5. The highest BCUT2D eigenvalue weighted by Crippen LogP contribution is 2.49. The van der Waals surface area contributed by atoms with Crippen LogP contribution in [0.4, 0.5) is 0 Å². The molecule has 140 valence electrons. The third kappa shape index (κ3) is 3.26. The molecule has 1 aliphatic heterocycles. The standard InChI is InChI=1S/C21H28N2O3/c1-15-18(16(2)26-22-15)14-25-19-6-4-3-5-17(19)13-23-11-9-21(10-12-23)8-7-20(21)24/h3-6,20,24H,7-14H2,1-2H3/t20-/m0/s1. The highest BCUT2D eigenvalue weighted by atomic mass is 16.5. The van der Waals surface area contributed by atoms with Crippen LogP contribution in [0.1, 0.15) is 48.3 Å². The molecule has 2 aliphatic rings. The van der Waals surface area contributed by atoms with Crippen molar-refractivity contribution in [2.45, 2.75) is 58.8 Å². The Morgan fingerprint density at radius 1 is 1.23 bits per heavy atom. The number of para-hydroxylation sites is 1. The normalized spacial score (nSPS) is 22.3. The van der Waals surface area contributed by atoms with Crippen LogP contribution in [0, 0.1) is 19.3 Å². The maximum absolute atomic E-state index is 10.1. The number of likely N-dealkylation sites (tertiary alicyclic amines) is 1. The van der Waals surface area contributed by atoms with Crippen molar-refractivity contribution in [3.05, 3.63) is 46.8 Å². The van der Waals surface area contributed by atoms with E-state index in [1.165, 1.54) is 12.0 Å². The van der Waals surface area contributed by atoms with Crippen LogP contribution < -0.4 is 4.74 Å². The van der Waals surface area contributed by atoms with Gasteiger partial charge in [0.15, 0.2) is 0 Å². The lowest BCUT2D eigenvalue weighted by molar-refractivity contribution is -0.100. The van der Waals surface area contributed by atoms with Crippen molar-refractivity contribution in [1.29, 1.82) is 0 Å². The molecule has 1 saturated carbocycles. The van der Waals surface area contributed by atoms with Crippen molar-refractivity contribution in [2.24, 2.45) is 5.41 Å². The van der Waals surface area contributed by atoms with Gasteiger partial charge in [0, 0.05) is 12.1 Å². The molecule has 1 aromatic carbocycles. The van der Waals surface area contributed by atoms with Gasteiger partial charge >= 0.3 is 0 Å². The molecule has 0 amide bonds. The molecule has 0 radical (unpaired) electrons. The molecule has 1 saturated heterocycles. The molecule has 1 N–H and O–H groups in total. The molecule has 1 spiro atoms.